The molecule has 26 heavy (non-hydrogen) atoms. The van der Waals surface area contributed by atoms with E-state index in [2.05, 4.69) is 33.3 Å². The topological polar surface area (TPSA) is 106 Å². The Morgan fingerprint density at radius 1 is 1.35 bits per heavy atom. The smallest absolute Gasteiger partial charge is 0.323 e. The molecule has 1 atom stereocenters. The number of nitrogens with zero attached hydrogens (tertiary/aromatic N) is 4. The molecule has 1 saturated heterocycles. The lowest BCUT2D eigenvalue weighted by atomic mass is 10.1. The predicted molar refractivity (Wildman–Crippen MR) is 98.8 cm³/mol. The van der Waals surface area contributed by atoms with Crippen LogP contribution in [-0.2, 0) is 22.5 Å². The van der Waals surface area contributed by atoms with Gasteiger partial charge in [0, 0.05) is 5.69 Å². The molecule has 0 saturated carbocycles. The molecule has 0 spiro atoms. The summed E-state index contributed by atoms with van der Waals surface area (Å²) in [6.45, 7) is 3.32. The molecular weight excluding hydrogens is 332 g/mol. The number of esters is 1. The van der Waals surface area contributed by atoms with Gasteiger partial charge in [0.25, 0.3) is 0 Å². The zero-order chi connectivity index (χ0) is 18.5. The minimum atomic E-state index is -0.254. The molecule has 1 aliphatic heterocycles. The number of ether oxygens (including phenoxy) is 1. The number of hydrogen-bond donors (Lipinski definition) is 2. The van der Waals surface area contributed by atoms with Crippen molar-refractivity contribution < 1.29 is 9.53 Å². The number of rotatable bonds is 6. The van der Waals surface area contributed by atoms with Crippen LogP contribution in [0.25, 0.3) is 0 Å². The van der Waals surface area contributed by atoms with Crippen molar-refractivity contribution in [3.8, 4) is 0 Å². The average Bonchev–Trinajstić information content (AvgIpc) is 3.09. The van der Waals surface area contributed by atoms with E-state index in [-0.39, 0.29) is 18.0 Å². The Labute approximate surface area is 152 Å². The first-order chi connectivity index (χ1) is 12.6. The Bertz CT molecular complexity index is 782. The highest BCUT2D eigenvalue weighted by Gasteiger charge is 2.32. The van der Waals surface area contributed by atoms with E-state index < -0.39 is 0 Å². The number of nitrogens with one attached hydrogen (secondary N) is 1. The molecule has 0 bridgehead atoms. The second-order valence-electron chi connectivity index (χ2n) is 6.22. The van der Waals surface area contributed by atoms with Gasteiger partial charge in [-0.2, -0.15) is 15.0 Å². The second kappa shape index (κ2) is 8.09. The van der Waals surface area contributed by atoms with Gasteiger partial charge in [0.05, 0.1) is 13.7 Å². The first kappa shape index (κ1) is 18.1. The lowest BCUT2D eigenvalue weighted by molar-refractivity contribution is -0.146. The van der Waals surface area contributed by atoms with Gasteiger partial charge in [0.2, 0.25) is 11.9 Å². The van der Waals surface area contributed by atoms with Crippen LogP contribution in [0.4, 0.5) is 17.6 Å². The zero-order valence-electron chi connectivity index (χ0n) is 15.1. The van der Waals surface area contributed by atoms with Gasteiger partial charge in [-0.25, -0.2) is 0 Å². The van der Waals surface area contributed by atoms with Crippen LogP contribution in [0.2, 0.25) is 0 Å². The van der Waals surface area contributed by atoms with Gasteiger partial charge in [0.1, 0.15) is 11.9 Å². The minimum Gasteiger partial charge on any atom is -0.468 e. The maximum atomic E-state index is 11.9. The van der Waals surface area contributed by atoms with Crippen LogP contribution >= 0.6 is 0 Å². The highest BCUT2D eigenvalue weighted by Crippen LogP contribution is 2.22. The number of aryl methyl sites for hydroxylation is 1. The van der Waals surface area contributed by atoms with Crippen molar-refractivity contribution in [2.45, 2.75) is 38.8 Å². The maximum absolute atomic E-state index is 11.9. The fraction of sp³-hybridized carbons (Fsp3) is 0.444. The van der Waals surface area contributed by atoms with Crippen LogP contribution in [0.1, 0.15) is 31.2 Å². The van der Waals surface area contributed by atoms with Crippen molar-refractivity contribution in [2.24, 2.45) is 0 Å². The molecule has 1 aromatic carbocycles. The highest BCUT2D eigenvalue weighted by atomic mass is 16.5. The van der Waals surface area contributed by atoms with Crippen molar-refractivity contribution in [2.75, 3.05) is 24.7 Å². The number of anilines is 3. The number of carbonyl (C=O) groups is 1. The summed E-state index contributed by atoms with van der Waals surface area (Å²) >= 11 is 0. The van der Waals surface area contributed by atoms with Crippen LogP contribution < -0.4 is 11.1 Å². The van der Waals surface area contributed by atoms with Gasteiger partial charge in [-0.15, -0.1) is 0 Å². The molecule has 1 aliphatic rings. The molecule has 3 rings (SSSR count). The molecule has 138 valence electrons. The van der Waals surface area contributed by atoms with Crippen molar-refractivity contribution in [3.63, 3.8) is 0 Å². The van der Waals surface area contributed by atoms with Crippen LogP contribution in [0.3, 0.4) is 0 Å². The van der Waals surface area contributed by atoms with E-state index >= 15 is 0 Å². The van der Waals surface area contributed by atoms with E-state index in [9.17, 15) is 4.79 Å². The van der Waals surface area contributed by atoms with Gasteiger partial charge in [-0.3, -0.25) is 9.69 Å². The number of para-hydroxylation sites is 1. The standard InChI is InChI=1S/C18H24N6O2/c1-3-12-7-4-5-8-13(12)20-18-22-15(21-17(19)23-18)11-24-10-6-9-14(24)16(25)26-2/h4-5,7-8,14H,3,6,9-11H2,1-2H3,(H3,19,20,21,22,23). The number of nitrogens with two attached hydrogens (primary N) is 1. The van der Waals surface area contributed by atoms with Gasteiger partial charge < -0.3 is 15.8 Å². The molecule has 2 heterocycles. The predicted octanol–water partition coefficient (Wildman–Crippen LogP) is 1.90. The summed E-state index contributed by atoms with van der Waals surface area (Å²) in [5, 5.41) is 3.22. The number of aromatic nitrogens is 3. The quantitative estimate of drug-likeness (QED) is 0.756. The Balaban J connectivity index is 1.78. The average molecular weight is 356 g/mol. The van der Waals surface area contributed by atoms with Crippen LogP contribution in [-0.4, -0.2) is 45.5 Å². The molecule has 0 radical (unpaired) electrons. The van der Waals surface area contributed by atoms with E-state index in [0.29, 0.717) is 18.3 Å². The molecule has 0 aliphatic carbocycles. The van der Waals surface area contributed by atoms with Crippen LogP contribution in [0.15, 0.2) is 24.3 Å². The third-order valence-corrected chi connectivity index (χ3v) is 4.53. The molecule has 0 amide bonds. The van der Waals surface area contributed by atoms with Crippen LogP contribution in [0, 0.1) is 0 Å². The zero-order valence-corrected chi connectivity index (χ0v) is 15.1. The largest absolute Gasteiger partial charge is 0.468 e. The summed E-state index contributed by atoms with van der Waals surface area (Å²) in [6.07, 6.45) is 2.61. The van der Waals surface area contributed by atoms with Crippen molar-refractivity contribution in [1.82, 2.24) is 19.9 Å². The molecule has 1 unspecified atom stereocenters. The number of hydrogen-bond acceptors (Lipinski definition) is 8. The number of likely N-dealkylation sites (tertiary alicyclic amines) is 1. The first-order valence-electron chi connectivity index (χ1n) is 8.78. The maximum Gasteiger partial charge on any atom is 0.323 e. The summed E-state index contributed by atoms with van der Waals surface area (Å²) in [6, 6.07) is 7.73. The third kappa shape index (κ3) is 4.08. The second-order valence-corrected chi connectivity index (χ2v) is 6.22. The molecular formula is C18H24N6O2. The lowest BCUT2D eigenvalue weighted by Crippen LogP contribution is -2.36. The Kier molecular flexibility index (Phi) is 5.62. The number of benzene rings is 1. The van der Waals surface area contributed by atoms with E-state index in [0.717, 1.165) is 31.5 Å². The van der Waals surface area contributed by atoms with E-state index in [1.807, 2.05) is 23.1 Å². The van der Waals surface area contributed by atoms with Crippen molar-refractivity contribution in [1.29, 1.82) is 0 Å². The Morgan fingerprint density at radius 2 is 2.15 bits per heavy atom. The fourth-order valence-electron chi connectivity index (χ4n) is 3.24. The summed E-state index contributed by atoms with van der Waals surface area (Å²) in [5.74, 6) is 0.868. The van der Waals surface area contributed by atoms with Crippen molar-refractivity contribution in [3.05, 3.63) is 35.7 Å². The summed E-state index contributed by atoms with van der Waals surface area (Å²) in [7, 11) is 1.41. The summed E-state index contributed by atoms with van der Waals surface area (Å²) < 4.78 is 4.88. The van der Waals surface area contributed by atoms with Crippen molar-refractivity contribution >= 4 is 23.6 Å². The SMILES string of the molecule is CCc1ccccc1Nc1nc(N)nc(CN2CCCC2C(=O)OC)n1. The van der Waals surface area contributed by atoms with E-state index in [4.69, 9.17) is 10.5 Å². The normalized spacial score (nSPS) is 17.2. The summed E-state index contributed by atoms with van der Waals surface area (Å²) in [5.41, 5.74) is 7.98. The van der Waals surface area contributed by atoms with Crippen LogP contribution in [0.5, 0.6) is 0 Å². The Hall–Kier alpha value is -2.74. The number of nitrogen functional groups attached to an aromatic ring is 1. The molecule has 1 fully saturated rings. The van der Waals surface area contributed by atoms with E-state index in [1.165, 1.54) is 12.7 Å². The first-order valence-corrected chi connectivity index (χ1v) is 8.78. The van der Waals surface area contributed by atoms with Gasteiger partial charge in [-0.1, -0.05) is 25.1 Å². The minimum absolute atomic E-state index is 0.153. The highest BCUT2D eigenvalue weighted by molar-refractivity contribution is 5.75. The number of carbonyl (C=O) groups excluding carboxylic acids is 1. The Morgan fingerprint density at radius 3 is 2.92 bits per heavy atom. The van der Waals surface area contributed by atoms with Gasteiger partial charge in [0.15, 0.2) is 0 Å². The summed E-state index contributed by atoms with van der Waals surface area (Å²) in [4.78, 5) is 26.8. The molecule has 1 aromatic heterocycles. The molecule has 8 heteroatoms. The third-order valence-electron chi connectivity index (χ3n) is 4.53. The molecule has 8 nitrogen and oxygen atoms in total. The molecule has 3 N–H and O–H groups in total. The monoisotopic (exact) mass is 356 g/mol. The number of methoxy groups -OCH3 is 1. The fourth-order valence-corrected chi connectivity index (χ4v) is 3.24. The molecule has 2 aromatic rings. The lowest BCUT2D eigenvalue weighted by Gasteiger charge is -2.21. The van der Waals surface area contributed by atoms with Gasteiger partial charge >= 0.3 is 5.97 Å². The van der Waals surface area contributed by atoms with Gasteiger partial charge in [-0.05, 0) is 37.4 Å². The van der Waals surface area contributed by atoms with E-state index in [1.54, 1.807) is 0 Å².